The van der Waals surface area contributed by atoms with Crippen molar-refractivity contribution in [2.45, 2.75) is 44.6 Å². The topological polar surface area (TPSA) is 68.2 Å². The number of benzene rings is 1. The molecule has 0 heterocycles. The number of hydrogen-bond acceptors (Lipinski definition) is 5. The lowest BCUT2D eigenvalue weighted by Gasteiger charge is -2.44. The molecule has 0 saturated heterocycles. The van der Waals surface area contributed by atoms with Crippen molar-refractivity contribution in [3.63, 3.8) is 0 Å². The van der Waals surface area contributed by atoms with Crippen LogP contribution >= 0.6 is 0 Å². The first-order valence-corrected chi connectivity index (χ1v) is 8.08. The van der Waals surface area contributed by atoms with Crippen molar-refractivity contribution < 1.29 is 24.4 Å². The van der Waals surface area contributed by atoms with E-state index in [0.717, 1.165) is 11.1 Å². The summed E-state index contributed by atoms with van der Waals surface area (Å²) in [5, 5.41) is 20.5. The summed E-state index contributed by atoms with van der Waals surface area (Å²) >= 11 is 0. The van der Waals surface area contributed by atoms with Gasteiger partial charge in [0.15, 0.2) is 11.5 Å². The van der Waals surface area contributed by atoms with Gasteiger partial charge in [0.25, 0.3) is 0 Å². The Kier molecular flexibility index (Phi) is 5.42. The maximum absolute atomic E-state index is 11.1. The lowest BCUT2D eigenvalue weighted by molar-refractivity contribution is -0.0358. The highest BCUT2D eigenvalue weighted by Gasteiger charge is 2.44. The maximum Gasteiger partial charge on any atom is 0.203 e. The van der Waals surface area contributed by atoms with E-state index in [1.54, 1.807) is 21.3 Å². The van der Waals surface area contributed by atoms with E-state index in [0.29, 0.717) is 36.5 Å². The Balaban J connectivity index is 2.68. The molecule has 0 fully saturated rings. The summed E-state index contributed by atoms with van der Waals surface area (Å²) in [6, 6.07) is 1.95. The molecule has 0 spiro atoms. The Bertz CT molecular complexity index is 555. The van der Waals surface area contributed by atoms with E-state index < -0.39 is 5.60 Å². The van der Waals surface area contributed by atoms with E-state index in [-0.39, 0.29) is 18.4 Å². The van der Waals surface area contributed by atoms with Gasteiger partial charge in [-0.15, -0.1) is 0 Å². The van der Waals surface area contributed by atoms with Gasteiger partial charge in [-0.05, 0) is 36.8 Å². The molecule has 0 amide bonds. The molecule has 0 aliphatic heterocycles. The van der Waals surface area contributed by atoms with Gasteiger partial charge in [-0.2, -0.15) is 0 Å². The van der Waals surface area contributed by atoms with Crippen molar-refractivity contribution in [2.75, 3.05) is 27.9 Å². The molecule has 0 aromatic heterocycles. The van der Waals surface area contributed by atoms with Crippen LogP contribution in [0.2, 0.25) is 0 Å². The van der Waals surface area contributed by atoms with Crippen LogP contribution in [0.3, 0.4) is 0 Å². The highest BCUT2D eigenvalue weighted by molar-refractivity contribution is 5.61. The van der Waals surface area contributed by atoms with Crippen molar-refractivity contribution in [2.24, 2.45) is 5.92 Å². The quantitative estimate of drug-likeness (QED) is 0.841. The fourth-order valence-corrected chi connectivity index (χ4v) is 4.01. The SMILES string of the molecule is COc1cc2c(c(OC)c1OC)CC[C@](O)(CCO)[C@H]2C(C)C. The highest BCUT2D eigenvalue weighted by atomic mass is 16.5. The molecule has 2 atom stereocenters. The summed E-state index contributed by atoms with van der Waals surface area (Å²) in [5.41, 5.74) is 1.17. The van der Waals surface area contributed by atoms with Crippen LogP contribution in [0.1, 0.15) is 43.7 Å². The second kappa shape index (κ2) is 6.97. The fraction of sp³-hybridized carbons (Fsp3) is 0.667. The first-order valence-electron chi connectivity index (χ1n) is 8.08. The zero-order chi connectivity index (χ0) is 17.2. The normalized spacial score (nSPS) is 23.6. The molecule has 2 N–H and O–H groups in total. The average Bonchev–Trinajstić information content (AvgIpc) is 2.52. The Morgan fingerprint density at radius 3 is 2.30 bits per heavy atom. The minimum absolute atomic E-state index is 0.0283. The number of methoxy groups -OCH3 is 3. The molecule has 0 saturated carbocycles. The van der Waals surface area contributed by atoms with Crippen LogP contribution in [0.25, 0.3) is 0 Å². The van der Waals surface area contributed by atoms with Crippen molar-refractivity contribution in [1.29, 1.82) is 0 Å². The zero-order valence-electron chi connectivity index (χ0n) is 14.7. The summed E-state index contributed by atoms with van der Waals surface area (Å²) in [6.07, 6.45) is 1.64. The van der Waals surface area contributed by atoms with E-state index in [1.807, 2.05) is 6.07 Å². The van der Waals surface area contributed by atoms with Crippen LogP contribution in [-0.4, -0.2) is 43.8 Å². The Labute approximate surface area is 138 Å². The Morgan fingerprint density at radius 1 is 1.17 bits per heavy atom. The minimum Gasteiger partial charge on any atom is -0.493 e. The van der Waals surface area contributed by atoms with Crippen LogP contribution in [0.15, 0.2) is 6.07 Å². The third kappa shape index (κ3) is 3.00. The van der Waals surface area contributed by atoms with Gasteiger partial charge in [0, 0.05) is 18.1 Å². The molecule has 0 unspecified atom stereocenters. The smallest absolute Gasteiger partial charge is 0.203 e. The second-order valence-corrected chi connectivity index (χ2v) is 6.51. The molecule has 5 nitrogen and oxygen atoms in total. The maximum atomic E-state index is 11.1. The summed E-state index contributed by atoms with van der Waals surface area (Å²) in [7, 11) is 4.81. The van der Waals surface area contributed by atoms with E-state index >= 15 is 0 Å². The van der Waals surface area contributed by atoms with Crippen LogP contribution in [0, 0.1) is 5.92 Å². The number of rotatable bonds is 6. The predicted molar refractivity (Wildman–Crippen MR) is 88.7 cm³/mol. The lowest BCUT2D eigenvalue weighted by Crippen LogP contribution is -2.43. The standard InChI is InChI=1S/C18H28O5/c1-11(2)15-13-10-14(21-3)17(23-5)16(22-4)12(13)6-7-18(15,20)8-9-19/h10-11,15,19-20H,6-9H2,1-5H3/t15-,18-/m0/s1. The molecule has 0 bridgehead atoms. The molecule has 130 valence electrons. The second-order valence-electron chi connectivity index (χ2n) is 6.51. The van der Waals surface area contributed by atoms with Gasteiger partial charge >= 0.3 is 0 Å². The first kappa shape index (κ1) is 17.9. The van der Waals surface area contributed by atoms with Crippen molar-refractivity contribution in [3.8, 4) is 17.2 Å². The highest BCUT2D eigenvalue weighted by Crippen LogP contribution is 2.52. The monoisotopic (exact) mass is 324 g/mol. The van der Waals surface area contributed by atoms with Gasteiger partial charge in [-0.25, -0.2) is 0 Å². The zero-order valence-corrected chi connectivity index (χ0v) is 14.7. The molecular formula is C18H28O5. The number of aliphatic hydroxyl groups excluding tert-OH is 1. The van der Waals surface area contributed by atoms with Crippen LogP contribution in [-0.2, 0) is 6.42 Å². The largest absolute Gasteiger partial charge is 0.493 e. The van der Waals surface area contributed by atoms with Crippen molar-refractivity contribution >= 4 is 0 Å². The molecule has 1 aromatic carbocycles. The summed E-state index contributed by atoms with van der Waals surface area (Å²) < 4.78 is 16.5. The first-order chi connectivity index (χ1) is 10.9. The van der Waals surface area contributed by atoms with E-state index in [2.05, 4.69) is 13.8 Å². The average molecular weight is 324 g/mol. The number of aliphatic hydroxyl groups is 2. The van der Waals surface area contributed by atoms with E-state index in [9.17, 15) is 10.2 Å². The molecule has 1 aliphatic carbocycles. The van der Waals surface area contributed by atoms with Crippen LogP contribution < -0.4 is 14.2 Å². The Morgan fingerprint density at radius 2 is 1.83 bits per heavy atom. The molecule has 2 rings (SSSR count). The third-order valence-electron chi connectivity index (χ3n) is 4.90. The molecular weight excluding hydrogens is 296 g/mol. The molecule has 0 radical (unpaired) electrons. The number of hydrogen-bond donors (Lipinski definition) is 2. The van der Waals surface area contributed by atoms with Gasteiger partial charge in [-0.1, -0.05) is 13.8 Å². The summed E-state index contributed by atoms with van der Waals surface area (Å²) in [5.74, 6) is 1.99. The molecule has 5 heteroatoms. The molecule has 23 heavy (non-hydrogen) atoms. The summed E-state index contributed by atoms with van der Waals surface area (Å²) in [4.78, 5) is 0. The van der Waals surface area contributed by atoms with Crippen LogP contribution in [0.4, 0.5) is 0 Å². The lowest BCUT2D eigenvalue weighted by atomic mass is 9.65. The molecule has 1 aromatic rings. The van der Waals surface area contributed by atoms with E-state index in [4.69, 9.17) is 14.2 Å². The van der Waals surface area contributed by atoms with Gasteiger partial charge < -0.3 is 24.4 Å². The fourth-order valence-electron chi connectivity index (χ4n) is 4.01. The van der Waals surface area contributed by atoms with Gasteiger partial charge in [0.1, 0.15) is 0 Å². The van der Waals surface area contributed by atoms with Crippen LogP contribution in [0.5, 0.6) is 17.2 Å². The number of fused-ring (bicyclic) bond motifs is 1. The van der Waals surface area contributed by atoms with Gasteiger partial charge in [0.2, 0.25) is 5.75 Å². The Hall–Kier alpha value is -1.46. The predicted octanol–water partition coefficient (Wildman–Crippen LogP) is 2.51. The number of ether oxygens (including phenoxy) is 3. The molecule has 1 aliphatic rings. The summed E-state index contributed by atoms with van der Waals surface area (Å²) in [6.45, 7) is 4.15. The van der Waals surface area contributed by atoms with Crippen molar-refractivity contribution in [1.82, 2.24) is 0 Å². The minimum atomic E-state index is -0.916. The van der Waals surface area contributed by atoms with E-state index in [1.165, 1.54) is 0 Å². The van der Waals surface area contributed by atoms with Crippen molar-refractivity contribution in [3.05, 3.63) is 17.2 Å². The third-order valence-corrected chi connectivity index (χ3v) is 4.90. The van der Waals surface area contributed by atoms with Gasteiger partial charge in [-0.3, -0.25) is 0 Å². The van der Waals surface area contributed by atoms with Gasteiger partial charge in [0.05, 0.1) is 26.9 Å².